The summed E-state index contributed by atoms with van der Waals surface area (Å²) in [4.78, 5) is 43.6. The van der Waals surface area contributed by atoms with Crippen molar-refractivity contribution in [2.45, 2.75) is 19.9 Å². The van der Waals surface area contributed by atoms with Gasteiger partial charge in [0.15, 0.2) is 5.13 Å². The molecule has 0 saturated carbocycles. The Bertz CT molecular complexity index is 1620. The molecule has 10 heteroatoms. The van der Waals surface area contributed by atoms with E-state index in [9.17, 15) is 24.8 Å². The summed E-state index contributed by atoms with van der Waals surface area (Å²) in [7, 11) is 1.50. The van der Waals surface area contributed by atoms with Crippen LogP contribution in [-0.4, -0.2) is 33.8 Å². The van der Waals surface area contributed by atoms with Gasteiger partial charge in [-0.1, -0.05) is 29.5 Å². The number of aryl methyl sites for hydroxylation is 2. The first-order valence-electron chi connectivity index (χ1n) is 11.3. The fourth-order valence-corrected chi connectivity index (χ4v) is 5.69. The van der Waals surface area contributed by atoms with Crippen molar-refractivity contribution in [3.63, 3.8) is 0 Å². The molecule has 1 aliphatic rings. The van der Waals surface area contributed by atoms with Crippen LogP contribution in [0.2, 0.25) is 0 Å². The highest BCUT2D eigenvalue weighted by atomic mass is 32.1. The number of thiazole rings is 1. The Morgan fingerprint density at radius 2 is 1.84 bits per heavy atom. The fraction of sp³-hybridized carbons (Fsp3) is 0.148. The van der Waals surface area contributed by atoms with E-state index in [0.717, 1.165) is 15.8 Å². The maximum atomic E-state index is 13.4. The van der Waals surface area contributed by atoms with Gasteiger partial charge in [-0.05, 0) is 60.9 Å². The highest BCUT2D eigenvalue weighted by Crippen LogP contribution is 2.45. The Kier molecular flexibility index (Phi) is 5.96. The van der Waals surface area contributed by atoms with Crippen molar-refractivity contribution in [3.05, 3.63) is 98.6 Å². The van der Waals surface area contributed by atoms with E-state index >= 15 is 0 Å². The van der Waals surface area contributed by atoms with Gasteiger partial charge in [0.25, 0.3) is 11.5 Å². The van der Waals surface area contributed by atoms with E-state index in [-0.39, 0.29) is 16.4 Å². The lowest BCUT2D eigenvalue weighted by Gasteiger charge is -2.22. The van der Waals surface area contributed by atoms with Crippen molar-refractivity contribution in [2.24, 2.45) is 0 Å². The molecule has 1 fully saturated rings. The van der Waals surface area contributed by atoms with Crippen molar-refractivity contribution in [1.29, 1.82) is 0 Å². The van der Waals surface area contributed by atoms with Gasteiger partial charge in [0, 0.05) is 17.7 Å². The number of carbonyl (C=O) groups is 2. The number of hydrogen-bond acceptors (Lipinski definition) is 8. The van der Waals surface area contributed by atoms with Gasteiger partial charge in [0.1, 0.15) is 11.5 Å². The minimum absolute atomic E-state index is 0.178. The molecule has 4 aromatic rings. The summed E-state index contributed by atoms with van der Waals surface area (Å²) in [5, 5.41) is 23.0. The molecule has 9 nitrogen and oxygen atoms in total. The first-order chi connectivity index (χ1) is 17.7. The zero-order chi connectivity index (χ0) is 26.4. The Morgan fingerprint density at radius 1 is 1.11 bits per heavy atom. The smallest absolute Gasteiger partial charge is 0.301 e. The SMILES string of the molecule is COc1ccc(/C(O)=C2\C(=O)C(=O)N(c3nc4c(C)cc(C)cc4s3)[C@H]2c2cccc([N+](=O)[O-])c2)cc1. The van der Waals surface area contributed by atoms with E-state index in [1.807, 2.05) is 26.0 Å². The number of Topliss-reactive ketones (excluding diaryl/α,β-unsaturated/α-hetero) is 1. The maximum Gasteiger partial charge on any atom is 0.301 e. The van der Waals surface area contributed by atoms with Crippen LogP contribution in [0.5, 0.6) is 5.75 Å². The normalized spacial score (nSPS) is 16.9. The summed E-state index contributed by atoms with van der Waals surface area (Å²) in [6.45, 7) is 3.87. The number of aromatic nitrogens is 1. The van der Waals surface area contributed by atoms with Gasteiger partial charge < -0.3 is 9.84 Å². The van der Waals surface area contributed by atoms with E-state index in [0.29, 0.717) is 22.4 Å². The summed E-state index contributed by atoms with van der Waals surface area (Å²) in [6, 6.07) is 14.8. The average molecular weight is 516 g/mol. The van der Waals surface area contributed by atoms with E-state index in [2.05, 4.69) is 4.98 Å². The summed E-state index contributed by atoms with van der Waals surface area (Å²) in [5.74, 6) is -1.63. The molecule has 5 rings (SSSR count). The van der Waals surface area contributed by atoms with Crippen molar-refractivity contribution in [2.75, 3.05) is 12.0 Å². The second-order valence-electron chi connectivity index (χ2n) is 8.67. The van der Waals surface area contributed by atoms with Crippen LogP contribution in [0.15, 0.2) is 66.2 Å². The molecule has 1 atom stereocenters. The largest absolute Gasteiger partial charge is 0.507 e. The van der Waals surface area contributed by atoms with Crippen LogP contribution < -0.4 is 9.64 Å². The van der Waals surface area contributed by atoms with E-state index in [4.69, 9.17) is 4.74 Å². The third-order valence-electron chi connectivity index (χ3n) is 6.23. The summed E-state index contributed by atoms with van der Waals surface area (Å²) >= 11 is 1.24. The molecule has 1 saturated heterocycles. The van der Waals surface area contributed by atoms with Gasteiger partial charge in [0.05, 0.1) is 33.9 Å². The number of non-ortho nitro benzene ring substituents is 1. The molecule has 1 aromatic heterocycles. The van der Waals surface area contributed by atoms with E-state index in [1.54, 1.807) is 30.3 Å². The molecule has 0 aliphatic carbocycles. The van der Waals surface area contributed by atoms with Crippen molar-refractivity contribution >= 4 is 49.8 Å². The number of aliphatic hydroxyl groups excluding tert-OH is 1. The predicted molar refractivity (Wildman–Crippen MR) is 140 cm³/mol. The highest BCUT2D eigenvalue weighted by molar-refractivity contribution is 7.22. The topological polar surface area (TPSA) is 123 Å². The van der Waals surface area contributed by atoms with Gasteiger partial charge in [-0.3, -0.25) is 24.6 Å². The van der Waals surface area contributed by atoms with Crippen LogP contribution >= 0.6 is 11.3 Å². The van der Waals surface area contributed by atoms with Gasteiger partial charge in [-0.15, -0.1) is 0 Å². The molecular formula is C27H21N3O6S. The molecule has 1 aliphatic heterocycles. The Hall–Kier alpha value is -4.57. The fourth-order valence-electron chi connectivity index (χ4n) is 4.52. The second-order valence-corrected chi connectivity index (χ2v) is 9.68. The summed E-state index contributed by atoms with van der Waals surface area (Å²) < 4.78 is 6.00. The standard InChI is InChI=1S/C27H21N3O6S/c1-14-11-15(2)22-20(12-14)37-27(28-22)29-23(17-5-4-6-18(13-17)30(34)35)21(25(32)26(29)33)24(31)16-7-9-19(36-3)10-8-16/h4-13,23,31H,1-3H3/b24-21+/t23-/m0/s1. The second kappa shape index (κ2) is 9.14. The number of rotatable bonds is 5. The van der Waals surface area contributed by atoms with Crippen LogP contribution in [0.4, 0.5) is 10.8 Å². The predicted octanol–water partition coefficient (Wildman–Crippen LogP) is 5.46. The lowest BCUT2D eigenvalue weighted by Crippen LogP contribution is -2.29. The van der Waals surface area contributed by atoms with Crippen LogP contribution in [-0.2, 0) is 9.59 Å². The number of nitro benzene ring substituents is 1. The number of hydrogen-bond donors (Lipinski definition) is 1. The number of methoxy groups -OCH3 is 1. The van der Waals surface area contributed by atoms with Gasteiger partial charge in [-0.2, -0.15) is 0 Å². The van der Waals surface area contributed by atoms with Crippen molar-refractivity contribution in [3.8, 4) is 5.75 Å². The lowest BCUT2D eigenvalue weighted by atomic mass is 9.95. The molecule has 186 valence electrons. The van der Waals surface area contributed by atoms with Crippen LogP contribution in [0.25, 0.3) is 16.0 Å². The number of fused-ring (bicyclic) bond motifs is 1. The number of anilines is 1. The van der Waals surface area contributed by atoms with Gasteiger partial charge in [-0.25, -0.2) is 4.98 Å². The molecule has 1 amide bonds. The van der Waals surface area contributed by atoms with Gasteiger partial charge >= 0.3 is 5.91 Å². The molecule has 0 spiro atoms. The molecule has 0 bridgehead atoms. The Balaban J connectivity index is 1.75. The maximum absolute atomic E-state index is 13.4. The first-order valence-corrected chi connectivity index (χ1v) is 12.1. The first kappa shape index (κ1) is 24.1. The number of ether oxygens (including phenoxy) is 1. The lowest BCUT2D eigenvalue weighted by molar-refractivity contribution is -0.384. The Morgan fingerprint density at radius 3 is 2.51 bits per heavy atom. The molecule has 2 heterocycles. The summed E-state index contributed by atoms with van der Waals surface area (Å²) in [5.41, 5.74) is 2.85. The minimum atomic E-state index is -1.12. The molecular weight excluding hydrogens is 494 g/mol. The minimum Gasteiger partial charge on any atom is -0.507 e. The monoisotopic (exact) mass is 515 g/mol. The number of ketones is 1. The van der Waals surface area contributed by atoms with E-state index < -0.39 is 28.4 Å². The molecule has 0 unspecified atom stereocenters. The quantitative estimate of drug-likeness (QED) is 0.123. The highest BCUT2D eigenvalue weighted by Gasteiger charge is 2.48. The zero-order valence-corrected chi connectivity index (χ0v) is 20.9. The summed E-state index contributed by atoms with van der Waals surface area (Å²) in [6.07, 6.45) is 0. The number of nitro groups is 1. The number of carbonyl (C=O) groups excluding carboxylic acids is 2. The molecule has 0 radical (unpaired) electrons. The van der Waals surface area contributed by atoms with Crippen molar-refractivity contribution in [1.82, 2.24) is 4.98 Å². The molecule has 1 N–H and O–H groups in total. The Labute approximate surface area is 215 Å². The van der Waals surface area contributed by atoms with Crippen LogP contribution in [0.3, 0.4) is 0 Å². The third-order valence-corrected chi connectivity index (χ3v) is 7.23. The number of nitrogens with zero attached hydrogens (tertiary/aromatic N) is 3. The van der Waals surface area contributed by atoms with E-state index in [1.165, 1.54) is 41.5 Å². The number of benzene rings is 3. The van der Waals surface area contributed by atoms with Crippen LogP contribution in [0, 0.1) is 24.0 Å². The van der Waals surface area contributed by atoms with Crippen molar-refractivity contribution < 1.29 is 24.4 Å². The number of amides is 1. The average Bonchev–Trinajstić information content (AvgIpc) is 3.42. The van der Waals surface area contributed by atoms with Crippen LogP contribution in [0.1, 0.15) is 28.3 Å². The number of aliphatic hydroxyl groups is 1. The third kappa shape index (κ3) is 4.11. The molecule has 37 heavy (non-hydrogen) atoms. The zero-order valence-electron chi connectivity index (χ0n) is 20.1. The molecule has 3 aromatic carbocycles. The van der Waals surface area contributed by atoms with Gasteiger partial charge in [0.2, 0.25) is 0 Å².